The summed E-state index contributed by atoms with van der Waals surface area (Å²) < 4.78 is 12.2. The van der Waals surface area contributed by atoms with E-state index in [4.69, 9.17) is 9.47 Å². The summed E-state index contributed by atoms with van der Waals surface area (Å²) in [5.41, 5.74) is 1.95. The van der Waals surface area contributed by atoms with Gasteiger partial charge in [0.05, 0.1) is 12.7 Å². The van der Waals surface area contributed by atoms with Gasteiger partial charge in [-0.1, -0.05) is 35.5 Å². The summed E-state index contributed by atoms with van der Waals surface area (Å²) in [7, 11) is 0. The number of ether oxygens (including phenoxy) is 2. The molecule has 1 aliphatic heterocycles. The van der Waals surface area contributed by atoms with Crippen LogP contribution < -0.4 is 14.8 Å². The molecule has 1 aromatic heterocycles. The number of aromatic nitrogens is 3. The van der Waals surface area contributed by atoms with Gasteiger partial charge < -0.3 is 14.8 Å². The molecule has 1 amide bonds. The van der Waals surface area contributed by atoms with E-state index in [0.29, 0.717) is 23.7 Å². The third-order valence-corrected chi connectivity index (χ3v) is 3.59. The highest BCUT2D eigenvalue weighted by atomic mass is 16.7. The second-order valence-corrected chi connectivity index (χ2v) is 5.31. The minimum absolute atomic E-state index is 0.195. The number of rotatable bonds is 4. The van der Waals surface area contributed by atoms with E-state index >= 15 is 0 Å². The van der Waals surface area contributed by atoms with Gasteiger partial charge in [-0.05, 0) is 17.7 Å². The fourth-order valence-corrected chi connectivity index (χ4v) is 2.42. The van der Waals surface area contributed by atoms with E-state index in [1.165, 1.54) is 0 Å². The van der Waals surface area contributed by atoms with Gasteiger partial charge in [-0.2, -0.15) is 0 Å². The SMILES string of the molecule is O=C(Nc1ccc2c(c1)OCO2)c1cn(Cc2ccccc2)nn1. The van der Waals surface area contributed by atoms with Crippen molar-refractivity contribution < 1.29 is 14.3 Å². The van der Waals surface area contributed by atoms with Gasteiger partial charge in [0.25, 0.3) is 5.91 Å². The molecular weight excluding hydrogens is 308 g/mol. The van der Waals surface area contributed by atoms with Gasteiger partial charge in [-0.15, -0.1) is 5.10 Å². The molecule has 2 aromatic carbocycles. The molecule has 0 saturated heterocycles. The molecule has 7 heteroatoms. The summed E-state index contributed by atoms with van der Waals surface area (Å²) in [5.74, 6) is 0.954. The van der Waals surface area contributed by atoms with Gasteiger partial charge in [0.2, 0.25) is 6.79 Å². The molecule has 120 valence electrons. The van der Waals surface area contributed by atoms with Gasteiger partial charge in [-0.25, -0.2) is 4.68 Å². The fourth-order valence-electron chi connectivity index (χ4n) is 2.42. The molecule has 1 N–H and O–H groups in total. The normalized spacial score (nSPS) is 12.2. The van der Waals surface area contributed by atoms with Crippen molar-refractivity contribution in [3.8, 4) is 11.5 Å². The van der Waals surface area contributed by atoms with Crippen LogP contribution in [0.25, 0.3) is 0 Å². The number of carbonyl (C=O) groups is 1. The van der Waals surface area contributed by atoms with Gasteiger partial charge in [-0.3, -0.25) is 4.79 Å². The van der Waals surface area contributed by atoms with E-state index in [0.717, 1.165) is 5.56 Å². The third-order valence-electron chi connectivity index (χ3n) is 3.59. The maximum Gasteiger partial charge on any atom is 0.277 e. The van der Waals surface area contributed by atoms with Crippen LogP contribution in [0.4, 0.5) is 5.69 Å². The number of nitrogens with zero attached hydrogens (tertiary/aromatic N) is 3. The van der Waals surface area contributed by atoms with Crippen LogP contribution in [-0.2, 0) is 6.54 Å². The number of nitrogens with one attached hydrogen (secondary N) is 1. The van der Waals surface area contributed by atoms with Crippen molar-refractivity contribution >= 4 is 11.6 Å². The summed E-state index contributed by atoms with van der Waals surface area (Å²) in [5, 5.41) is 10.7. The quantitative estimate of drug-likeness (QED) is 0.797. The van der Waals surface area contributed by atoms with Gasteiger partial charge in [0.15, 0.2) is 17.2 Å². The fraction of sp³-hybridized carbons (Fsp3) is 0.118. The molecule has 1 aliphatic rings. The zero-order chi connectivity index (χ0) is 16.4. The summed E-state index contributed by atoms with van der Waals surface area (Å²) in [6, 6.07) is 15.1. The Morgan fingerprint density at radius 2 is 1.96 bits per heavy atom. The minimum Gasteiger partial charge on any atom is -0.454 e. The van der Waals surface area contributed by atoms with Crippen LogP contribution in [0.5, 0.6) is 11.5 Å². The molecule has 0 aliphatic carbocycles. The standard InChI is InChI=1S/C17H14N4O3/c22-17(18-13-6-7-15-16(8-13)24-11-23-15)14-10-21(20-19-14)9-12-4-2-1-3-5-12/h1-8,10H,9,11H2,(H,18,22). The number of anilines is 1. The monoisotopic (exact) mass is 322 g/mol. The Kier molecular flexibility index (Phi) is 3.59. The molecular formula is C17H14N4O3. The highest BCUT2D eigenvalue weighted by Crippen LogP contribution is 2.34. The van der Waals surface area contributed by atoms with E-state index in [9.17, 15) is 4.79 Å². The predicted octanol–water partition coefficient (Wildman–Crippen LogP) is 2.31. The van der Waals surface area contributed by atoms with Crippen LogP contribution >= 0.6 is 0 Å². The maximum atomic E-state index is 12.3. The van der Waals surface area contributed by atoms with Crippen LogP contribution in [0, 0.1) is 0 Å². The first-order chi connectivity index (χ1) is 11.8. The van der Waals surface area contributed by atoms with E-state index in [2.05, 4.69) is 15.6 Å². The van der Waals surface area contributed by atoms with E-state index < -0.39 is 0 Å². The molecule has 0 fully saturated rings. The Morgan fingerprint density at radius 3 is 2.83 bits per heavy atom. The summed E-state index contributed by atoms with van der Waals surface area (Å²) in [4.78, 5) is 12.3. The lowest BCUT2D eigenvalue weighted by Gasteiger charge is -2.04. The average Bonchev–Trinajstić information content (AvgIpc) is 3.24. The van der Waals surface area contributed by atoms with Gasteiger partial charge >= 0.3 is 0 Å². The van der Waals surface area contributed by atoms with Crippen LogP contribution in [0.3, 0.4) is 0 Å². The van der Waals surface area contributed by atoms with Crippen molar-refractivity contribution in [3.63, 3.8) is 0 Å². The maximum absolute atomic E-state index is 12.3. The van der Waals surface area contributed by atoms with Crippen molar-refractivity contribution in [2.45, 2.75) is 6.54 Å². The van der Waals surface area contributed by atoms with Crippen LogP contribution in [0.15, 0.2) is 54.7 Å². The Bertz CT molecular complexity index is 877. The second kappa shape index (κ2) is 6.04. The lowest BCUT2D eigenvalue weighted by molar-refractivity contribution is 0.102. The average molecular weight is 322 g/mol. The van der Waals surface area contributed by atoms with Crippen LogP contribution in [0.1, 0.15) is 16.1 Å². The Hall–Kier alpha value is -3.35. The third kappa shape index (κ3) is 2.91. The van der Waals surface area contributed by atoms with Crippen molar-refractivity contribution in [3.05, 3.63) is 66.0 Å². The Morgan fingerprint density at radius 1 is 1.12 bits per heavy atom. The smallest absolute Gasteiger partial charge is 0.277 e. The number of hydrogen-bond donors (Lipinski definition) is 1. The zero-order valence-corrected chi connectivity index (χ0v) is 12.7. The number of amides is 1. The number of carbonyl (C=O) groups excluding carboxylic acids is 1. The van der Waals surface area contributed by atoms with E-state index in [1.807, 2.05) is 30.3 Å². The lowest BCUT2D eigenvalue weighted by atomic mass is 10.2. The van der Waals surface area contributed by atoms with Crippen LogP contribution in [-0.4, -0.2) is 27.7 Å². The molecule has 4 rings (SSSR count). The van der Waals surface area contributed by atoms with Gasteiger partial charge in [0, 0.05) is 11.8 Å². The molecule has 3 aromatic rings. The van der Waals surface area contributed by atoms with Crippen molar-refractivity contribution in [1.29, 1.82) is 0 Å². The molecule has 7 nitrogen and oxygen atoms in total. The van der Waals surface area contributed by atoms with Crippen molar-refractivity contribution in [2.75, 3.05) is 12.1 Å². The predicted molar refractivity (Wildman–Crippen MR) is 86.1 cm³/mol. The Balaban J connectivity index is 1.45. The molecule has 0 bridgehead atoms. The first kappa shape index (κ1) is 14.3. The summed E-state index contributed by atoms with van der Waals surface area (Å²) in [6.45, 7) is 0.756. The van der Waals surface area contributed by atoms with Crippen molar-refractivity contribution in [2.24, 2.45) is 0 Å². The first-order valence-electron chi connectivity index (χ1n) is 7.43. The lowest BCUT2D eigenvalue weighted by Crippen LogP contribution is -2.12. The number of fused-ring (bicyclic) bond motifs is 1. The summed E-state index contributed by atoms with van der Waals surface area (Å²) in [6.07, 6.45) is 1.62. The minimum atomic E-state index is -0.326. The zero-order valence-electron chi connectivity index (χ0n) is 12.7. The molecule has 0 saturated carbocycles. The largest absolute Gasteiger partial charge is 0.454 e. The van der Waals surface area contributed by atoms with E-state index in [-0.39, 0.29) is 18.4 Å². The summed E-state index contributed by atoms with van der Waals surface area (Å²) >= 11 is 0. The number of hydrogen-bond acceptors (Lipinski definition) is 5. The molecule has 0 atom stereocenters. The topological polar surface area (TPSA) is 78.3 Å². The second-order valence-electron chi connectivity index (χ2n) is 5.31. The highest BCUT2D eigenvalue weighted by molar-refractivity contribution is 6.02. The highest BCUT2D eigenvalue weighted by Gasteiger charge is 2.16. The molecule has 0 spiro atoms. The molecule has 0 radical (unpaired) electrons. The Labute approximate surface area is 137 Å². The number of benzene rings is 2. The molecule has 24 heavy (non-hydrogen) atoms. The molecule has 2 heterocycles. The van der Waals surface area contributed by atoms with E-state index in [1.54, 1.807) is 29.1 Å². The first-order valence-corrected chi connectivity index (χ1v) is 7.43. The molecule has 0 unspecified atom stereocenters. The van der Waals surface area contributed by atoms with Gasteiger partial charge in [0.1, 0.15) is 0 Å². The van der Waals surface area contributed by atoms with Crippen molar-refractivity contribution in [1.82, 2.24) is 15.0 Å². The van der Waals surface area contributed by atoms with Crippen LogP contribution in [0.2, 0.25) is 0 Å².